The van der Waals surface area contributed by atoms with E-state index in [1.54, 1.807) is 0 Å². The molecule has 118 valence electrons. The maximum atomic E-state index is 14.1. The van der Waals surface area contributed by atoms with E-state index in [9.17, 15) is 17.2 Å². The number of rotatable bonds is 3. The van der Waals surface area contributed by atoms with E-state index < -0.39 is 27.7 Å². The van der Waals surface area contributed by atoms with Gasteiger partial charge in [-0.1, -0.05) is 12.5 Å². The molecular weight excluding hydrogens is 312 g/mol. The highest BCUT2D eigenvalue weighted by molar-refractivity contribution is 7.89. The Bertz CT molecular complexity index is 759. The normalized spacial score (nSPS) is 20.2. The number of sulfonamides is 1. The molecule has 1 saturated heterocycles. The Labute approximate surface area is 127 Å². The summed E-state index contributed by atoms with van der Waals surface area (Å²) in [5, 5.41) is -0.165. The predicted octanol–water partition coefficient (Wildman–Crippen LogP) is 3.47. The Morgan fingerprint density at radius 1 is 1.18 bits per heavy atom. The van der Waals surface area contributed by atoms with Crippen molar-refractivity contribution in [3.63, 3.8) is 0 Å². The zero-order valence-electron chi connectivity index (χ0n) is 11.7. The molecule has 1 fully saturated rings. The van der Waals surface area contributed by atoms with E-state index in [-0.39, 0.29) is 17.2 Å². The Morgan fingerprint density at radius 2 is 2.00 bits per heavy atom. The molecule has 0 N–H and O–H groups in total. The van der Waals surface area contributed by atoms with E-state index in [0.29, 0.717) is 12.8 Å². The van der Waals surface area contributed by atoms with Gasteiger partial charge in [0, 0.05) is 18.2 Å². The van der Waals surface area contributed by atoms with Crippen LogP contribution in [0.1, 0.15) is 30.9 Å². The highest BCUT2D eigenvalue weighted by Gasteiger charge is 2.37. The lowest BCUT2D eigenvalue weighted by molar-refractivity contribution is 0.244. The molecule has 22 heavy (non-hydrogen) atoms. The van der Waals surface area contributed by atoms with Gasteiger partial charge in [-0.25, -0.2) is 17.2 Å². The van der Waals surface area contributed by atoms with Crippen LogP contribution in [0.5, 0.6) is 0 Å². The molecule has 1 aliphatic rings. The molecule has 3 rings (SSSR count). The van der Waals surface area contributed by atoms with Gasteiger partial charge in [0.05, 0.1) is 12.3 Å². The molecule has 1 aliphatic heterocycles. The summed E-state index contributed by atoms with van der Waals surface area (Å²) in [6, 6.07) is 5.44. The van der Waals surface area contributed by atoms with Gasteiger partial charge >= 0.3 is 0 Å². The van der Waals surface area contributed by atoms with Crippen molar-refractivity contribution in [3.05, 3.63) is 53.8 Å². The second kappa shape index (κ2) is 5.81. The van der Waals surface area contributed by atoms with Crippen molar-refractivity contribution in [2.75, 3.05) is 6.54 Å². The molecule has 0 aliphatic carbocycles. The molecule has 1 atom stereocenters. The molecule has 1 aromatic heterocycles. The van der Waals surface area contributed by atoms with E-state index in [2.05, 4.69) is 0 Å². The van der Waals surface area contributed by atoms with Gasteiger partial charge in [-0.15, -0.1) is 0 Å². The van der Waals surface area contributed by atoms with Crippen molar-refractivity contribution in [1.29, 1.82) is 0 Å². The summed E-state index contributed by atoms with van der Waals surface area (Å²) in [5.41, 5.74) is 0.191. The summed E-state index contributed by atoms with van der Waals surface area (Å²) in [7, 11) is -3.84. The van der Waals surface area contributed by atoms with Gasteiger partial charge < -0.3 is 4.42 Å². The van der Waals surface area contributed by atoms with Gasteiger partial charge in [0.25, 0.3) is 10.0 Å². The molecule has 7 heteroatoms. The van der Waals surface area contributed by atoms with E-state index in [0.717, 1.165) is 18.6 Å². The van der Waals surface area contributed by atoms with Gasteiger partial charge in [-0.3, -0.25) is 0 Å². The fourth-order valence-electron chi connectivity index (χ4n) is 2.80. The summed E-state index contributed by atoms with van der Waals surface area (Å²) in [5.74, 6) is -1.41. The summed E-state index contributed by atoms with van der Waals surface area (Å²) in [6.07, 6.45) is 3.25. The van der Waals surface area contributed by atoms with Crippen molar-refractivity contribution >= 4 is 10.0 Å². The lowest BCUT2D eigenvalue weighted by Crippen LogP contribution is -2.38. The third-order valence-electron chi connectivity index (χ3n) is 3.83. The van der Waals surface area contributed by atoms with Gasteiger partial charge in [0.2, 0.25) is 5.09 Å². The highest BCUT2D eigenvalue weighted by atomic mass is 32.2. The minimum absolute atomic E-state index is 0.165. The monoisotopic (exact) mass is 327 g/mol. The lowest BCUT2D eigenvalue weighted by Gasteiger charge is -2.34. The number of hydrogen-bond acceptors (Lipinski definition) is 3. The fraction of sp³-hybridized carbons (Fsp3) is 0.333. The summed E-state index contributed by atoms with van der Waals surface area (Å²) >= 11 is 0. The first-order chi connectivity index (χ1) is 10.5. The lowest BCUT2D eigenvalue weighted by atomic mass is 9.97. The average molecular weight is 327 g/mol. The minimum atomic E-state index is -3.84. The van der Waals surface area contributed by atoms with Crippen LogP contribution < -0.4 is 0 Å². The second-order valence-corrected chi connectivity index (χ2v) is 7.05. The largest absolute Gasteiger partial charge is 0.452 e. The third-order valence-corrected chi connectivity index (χ3v) is 5.63. The van der Waals surface area contributed by atoms with Crippen LogP contribution in [-0.4, -0.2) is 19.3 Å². The number of benzene rings is 1. The zero-order valence-corrected chi connectivity index (χ0v) is 12.5. The second-order valence-electron chi connectivity index (χ2n) is 5.23. The zero-order chi connectivity index (χ0) is 15.7. The number of halogens is 2. The van der Waals surface area contributed by atoms with Gasteiger partial charge in [-0.2, -0.15) is 4.31 Å². The molecule has 1 aromatic carbocycles. The van der Waals surface area contributed by atoms with Crippen LogP contribution in [0.25, 0.3) is 0 Å². The summed E-state index contributed by atoms with van der Waals surface area (Å²) < 4.78 is 58.7. The van der Waals surface area contributed by atoms with Crippen LogP contribution in [0.15, 0.2) is 46.1 Å². The molecule has 2 heterocycles. The van der Waals surface area contributed by atoms with Crippen molar-refractivity contribution in [3.8, 4) is 0 Å². The topological polar surface area (TPSA) is 50.5 Å². The molecule has 0 radical (unpaired) electrons. The third kappa shape index (κ3) is 2.66. The molecule has 0 spiro atoms. The summed E-state index contributed by atoms with van der Waals surface area (Å²) in [6.45, 7) is 0.282. The van der Waals surface area contributed by atoms with Gasteiger partial charge in [-0.05, 0) is 31.0 Å². The Kier molecular flexibility index (Phi) is 4.01. The van der Waals surface area contributed by atoms with Crippen LogP contribution in [-0.2, 0) is 10.0 Å². The standard InChI is InChI=1S/C15H15F2NO3S/c16-11-6-7-12(13(17)10-11)14-4-1-2-8-18(14)22(19,20)15-5-3-9-21-15/h3,5-7,9-10,14H,1-2,4,8H2. The van der Waals surface area contributed by atoms with Crippen molar-refractivity contribution in [2.24, 2.45) is 0 Å². The first-order valence-corrected chi connectivity index (χ1v) is 8.44. The van der Waals surface area contributed by atoms with E-state index in [4.69, 9.17) is 4.42 Å². The van der Waals surface area contributed by atoms with Crippen molar-refractivity contribution < 1.29 is 21.6 Å². The van der Waals surface area contributed by atoms with Gasteiger partial charge in [0.1, 0.15) is 11.6 Å². The number of furan rings is 1. The van der Waals surface area contributed by atoms with Crippen molar-refractivity contribution in [2.45, 2.75) is 30.4 Å². The maximum Gasteiger partial charge on any atom is 0.277 e. The Hall–Kier alpha value is -1.73. The van der Waals surface area contributed by atoms with Crippen LogP contribution in [0, 0.1) is 11.6 Å². The maximum absolute atomic E-state index is 14.1. The molecule has 0 bridgehead atoms. The van der Waals surface area contributed by atoms with E-state index >= 15 is 0 Å². The predicted molar refractivity (Wildman–Crippen MR) is 75.5 cm³/mol. The molecule has 4 nitrogen and oxygen atoms in total. The molecule has 0 amide bonds. The Balaban J connectivity index is 2.02. The van der Waals surface area contributed by atoms with Crippen LogP contribution in [0.4, 0.5) is 8.78 Å². The first-order valence-electron chi connectivity index (χ1n) is 7.00. The number of piperidine rings is 1. The molecule has 0 saturated carbocycles. The summed E-state index contributed by atoms with van der Waals surface area (Å²) in [4.78, 5) is 0. The smallest absolute Gasteiger partial charge is 0.277 e. The average Bonchev–Trinajstić information content (AvgIpc) is 3.02. The van der Waals surface area contributed by atoms with E-state index in [1.165, 1.54) is 28.8 Å². The van der Waals surface area contributed by atoms with Crippen molar-refractivity contribution in [1.82, 2.24) is 4.31 Å². The van der Waals surface area contributed by atoms with Crippen LogP contribution in [0.3, 0.4) is 0 Å². The molecule has 2 aromatic rings. The fourth-order valence-corrected chi connectivity index (χ4v) is 4.38. The number of hydrogen-bond donors (Lipinski definition) is 0. The molecular formula is C15H15F2NO3S. The van der Waals surface area contributed by atoms with E-state index in [1.807, 2.05) is 0 Å². The Morgan fingerprint density at radius 3 is 2.68 bits per heavy atom. The first kappa shape index (κ1) is 15.2. The highest BCUT2D eigenvalue weighted by Crippen LogP contribution is 2.36. The molecule has 1 unspecified atom stereocenters. The number of nitrogens with zero attached hydrogens (tertiary/aromatic N) is 1. The quantitative estimate of drug-likeness (QED) is 0.867. The van der Waals surface area contributed by atoms with Crippen LogP contribution in [0.2, 0.25) is 0 Å². The SMILES string of the molecule is O=S(=O)(c1ccco1)N1CCCCC1c1ccc(F)cc1F. The van der Waals surface area contributed by atoms with Crippen LogP contribution >= 0.6 is 0 Å². The minimum Gasteiger partial charge on any atom is -0.452 e. The van der Waals surface area contributed by atoms with Gasteiger partial charge in [0.15, 0.2) is 0 Å².